The molecule has 1 aromatic carbocycles. The Bertz CT molecular complexity index is 657. The maximum Gasteiger partial charge on any atom is 0.240 e. The van der Waals surface area contributed by atoms with Gasteiger partial charge in [0, 0.05) is 10.9 Å². The van der Waals surface area contributed by atoms with Crippen LogP contribution in [0.5, 0.6) is 11.5 Å². The predicted octanol–water partition coefficient (Wildman–Crippen LogP) is 1.74. The zero-order valence-electron chi connectivity index (χ0n) is 11.5. The molecule has 0 spiro atoms. The Morgan fingerprint density at radius 1 is 1.33 bits per heavy atom. The van der Waals surface area contributed by atoms with Gasteiger partial charge in [-0.15, -0.1) is 11.3 Å². The van der Waals surface area contributed by atoms with E-state index in [0.717, 1.165) is 22.8 Å². The quantitative estimate of drug-likeness (QED) is 0.900. The summed E-state index contributed by atoms with van der Waals surface area (Å²) >= 11 is 1.39. The van der Waals surface area contributed by atoms with Gasteiger partial charge in [-0.25, -0.2) is 4.98 Å². The lowest BCUT2D eigenvalue weighted by atomic mass is 10.1. The molecule has 2 N–H and O–H groups in total. The number of carbonyl (C=O) groups is 1. The van der Waals surface area contributed by atoms with Crippen LogP contribution in [-0.4, -0.2) is 37.7 Å². The van der Waals surface area contributed by atoms with Crippen LogP contribution in [0.15, 0.2) is 23.6 Å². The molecule has 2 aromatic rings. The molecule has 0 saturated carbocycles. The van der Waals surface area contributed by atoms with Crippen molar-refractivity contribution in [2.24, 2.45) is 0 Å². The van der Waals surface area contributed by atoms with Crippen LogP contribution in [0, 0.1) is 0 Å². The van der Waals surface area contributed by atoms with Gasteiger partial charge in [0.15, 0.2) is 16.6 Å². The summed E-state index contributed by atoms with van der Waals surface area (Å²) in [5.41, 5.74) is 1.74. The van der Waals surface area contributed by atoms with E-state index in [4.69, 9.17) is 9.47 Å². The predicted molar refractivity (Wildman–Crippen MR) is 81.1 cm³/mol. The summed E-state index contributed by atoms with van der Waals surface area (Å²) in [6, 6.07) is 5.72. The Balaban J connectivity index is 1.78. The van der Waals surface area contributed by atoms with Gasteiger partial charge in [-0.2, -0.15) is 0 Å². The fourth-order valence-electron chi connectivity index (χ4n) is 1.99. The van der Waals surface area contributed by atoms with Gasteiger partial charge >= 0.3 is 0 Å². The van der Waals surface area contributed by atoms with Gasteiger partial charge in [0.1, 0.15) is 13.2 Å². The van der Waals surface area contributed by atoms with Crippen LogP contribution in [0.4, 0.5) is 5.13 Å². The third-order valence-corrected chi connectivity index (χ3v) is 3.68. The van der Waals surface area contributed by atoms with Crippen molar-refractivity contribution in [3.63, 3.8) is 0 Å². The van der Waals surface area contributed by atoms with Crippen molar-refractivity contribution in [2.45, 2.75) is 0 Å². The molecule has 1 amide bonds. The van der Waals surface area contributed by atoms with E-state index >= 15 is 0 Å². The van der Waals surface area contributed by atoms with E-state index in [2.05, 4.69) is 15.6 Å². The second-order valence-electron chi connectivity index (χ2n) is 4.47. The van der Waals surface area contributed by atoms with Crippen LogP contribution >= 0.6 is 11.3 Å². The molecule has 21 heavy (non-hydrogen) atoms. The Hall–Kier alpha value is -2.12. The average molecular weight is 305 g/mol. The maximum atomic E-state index is 11.5. The summed E-state index contributed by atoms with van der Waals surface area (Å²) in [4.78, 5) is 15.9. The van der Waals surface area contributed by atoms with E-state index in [1.54, 1.807) is 7.05 Å². The molecule has 7 heteroatoms. The highest BCUT2D eigenvalue weighted by atomic mass is 32.1. The molecule has 2 heterocycles. The zero-order chi connectivity index (χ0) is 14.7. The standard InChI is InChI=1S/C14H15N3O3S/c1-15-7-13(18)17-14-16-10(8-21-14)9-2-3-11-12(6-9)20-5-4-19-11/h2-3,6,8,15H,4-5,7H2,1H3,(H,16,17,18). The summed E-state index contributed by atoms with van der Waals surface area (Å²) in [5.74, 6) is 1.37. The number of hydrogen-bond acceptors (Lipinski definition) is 6. The second kappa shape index (κ2) is 6.11. The number of nitrogens with zero attached hydrogens (tertiary/aromatic N) is 1. The average Bonchev–Trinajstić information content (AvgIpc) is 2.95. The van der Waals surface area contributed by atoms with Crippen molar-refractivity contribution >= 4 is 22.4 Å². The first-order valence-corrected chi connectivity index (χ1v) is 7.44. The molecular formula is C14H15N3O3S. The topological polar surface area (TPSA) is 72.5 Å². The van der Waals surface area contributed by atoms with Gasteiger partial charge in [-0.1, -0.05) is 0 Å². The Morgan fingerprint density at radius 3 is 2.95 bits per heavy atom. The molecule has 0 bridgehead atoms. The van der Waals surface area contributed by atoms with Gasteiger partial charge in [-0.05, 0) is 25.2 Å². The summed E-state index contributed by atoms with van der Waals surface area (Å²) in [6.45, 7) is 1.39. The summed E-state index contributed by atoms with van der Waals surface area (Å²) in [5, 5.41) is 8.03. The molecule has 0 atom stereocenters. The van der Waals surface area contributed by atoms with E-state index in [9.17, 15) is 4.79 Å². The first kappa shape index (κ1) is 13.8. The highest BCUT2D eigenvalue weighted by Gasteiger charge is 2.14. The van der Waals surface area contributed by atoms with E-state index in [0.29, 0.717) is 18.3 Å². The van der Waals surface area contributed by atoms with Gasteiger partial charge in [-0.3, -0.25) is 4.79 Å². The Kier molecular flexibility index (Phi) is 4.03. The van der Waals surface area contributed by atoms with Gasteiger partial charge in [0.25, 0.3) is 0 Å². The second-order valence-corrected chi connectivity index (χ2v) is 5.33. The third kappa shape index (κ3) is 3.14. The van der Waals surface area contributed by atoms with Crippen molar-refractivity contribution in [2.75, 3.05) is 32.1 Å². The summed E-state index contributed by atoms with van der Waals surface area (Å²) in [6.07, 6.45) is 0. The normalized spacial score (nSPS) is 13.0. The number of rotatable bonds is 4. The minimum absolute atomic E-state index is 0.111. The monoisotopic (exact) mass is 305 g/mol. The largest absolute Gasteiger partial charge is 0.486 e. The highest BCUT2D eigenvalue weighted by Crippen LogP contribution is 2.35. The summed E-state index contributed by atoms with van der Waals surface area (Å²) in [7, 11) is 1.72. The number of amides is 1. The minimum Gasteiger partial charge on any atom is -0.486 e. The van der Waals surface area contributed by atoms with Crippen molar-refractivity contribution in [3.8, 4) is 22.8 Å². The molecule has 0 saturated heterocycles. The lowest BCUT2D eigenvalue weighted by Crippen LogP contribution is -2.24. The number of benzene rings is 1. The number of anilines is 1. The van der Waals surface area contributed by atoms with Crippen LogP contribution in [0.25, 0.3) is 11.3 Å². The van der Waals surface area contributed by atoms with E-state index in [1.807, 2.05) is 23.6 Å². The molecule has 0 radical (unpaired) electrons. The molecule has 3 rings (SSSR count). The lowest BCUT2D eigenvalue weighted by molar-refractivity contribution is -0.115. The Labute approximate surface area is 126 Å². The van der Waals surface area contributed by atoms with Crippen LogP contribution in [0.2, 0.25) is 0 Å². The van der Waals surface area contributed by atoms with E-state index < -0.39 is 0 Å². The van der Waals surface area contributed by atoms with E-state index in [-0.39, 0.29) is 12.5 Å². The molecule has 0 aliphatic carbocycles. The van der Waals surface area contributed by atoms with Crippen LogP contribution in [0.1, 0.15) is 0 Å². The van der Waals surface area contributed by atoms with Gasteiger partial charge in [0.2, 0.25) is 5.91 Å². The number of aromatic nitrogens is 1. The summed E-state index contributed by atoms with van der Waals surface area (Å²) < 4.78 is 11.1. The first-order valence-electron chi connectivity index (χ1n) is 6.56. The molecule has 110 valence electrons. The molecule has 0 unspecified atom stereocenters. The molecule has 1 aromatic heterocycles. The SMILES string of the molecule is CNCC(=O)Nc1nc(-c2ccc3c(c2)OCCO3)cs1. The number of carbonyl (C=O) groups excluding carboxylic acids is 1. The third-order valence-electron chi connectivity index (χ3n) is 2.93. The molecule has 0 fully saturated rings. The Morgan fingerprint density at radius 2 is 2.14 bits per heavy atom. The fraction of sp³-hybridized carbons (Fsp3) is 0.286. The number of thiazole rings is 1. The molecule has 6 nitrogen and oxygen atoms in total. The van der Waals surface area contributed by atoms with Crippen molar-refractivity contribution in [1.82, 2.24) is 10.3 Å². The first-order chi connectivity index (χ1) is 10.3. The number of ether oxygens (including phenoxy) is 2. The molecule has 1 aliphatic rings. The maximum absolute atomic E-state index is 11.5. The highest BCUT2D eigenvalue weighted by molar-refractivity contribution is 7.14. The van der Waals surface area contributed by atoms with Gasteiger partial charge in [0.05, 0.1) is 12.2 Å². The smallest absolute Gasteiger partial charge is 0.240 e. The van der Waals surface area contributed by atoms with Crippen molar-refractivity contribution < 1.29 is 14.3 Å². The van der Waals surface area contributed by atoms with Crippen LogP contribution in [0.3, 0.4) is 0 Å². The fourth-order valence-corrected chi connectivity index (χ4v) is 2.73. The zero-order valence-corrected chi connectivity index (χ0v) is 12.3. The van der Waals surface area contributed by atoms with Crippen molar-refractivity contribution in [3.05, 3.63) is 23.6 Å². The molecule has 1 aliphatic heterocycles. The number of hydrogen-bond donors (Lipinski definition) is 2. The van der Waals surface area contributed by atoms with Crippen LogP contribution < -0.4 is 20.1 Å². The number of likely N-dealkylation sites (N-methyl/N-ethyl adjacent to an activating group) is 1. The van der Waals surface area contributed by atoms with E-state index in [1.165, 1.54) is 11.3 Å². The van der Waals surface area contributed by atoms with Crippen molar-refractivity contribution in [1.29, 1.82) is 0 Å². The lowest BCUT2D eigenvalue weighted by Gasteiger charge is -2.18. The number of nitrogens with one attached hydrogen (secondary N) is 2. The van der Waals surface area contributed by atoms with Crippen LogP contribution in [-0.2, 0) is 4.79 Å². The minimum atomic E-state index is -0.111. The molecular weight excluding hydrogens is 290 g/mol. The van der Waals surface area contributed by atoms with Gasteiger partial charge < -0.3 is 20.1 Å². The number of fused-ring (bicyclic) bond motifs is 1.